The lowest BCUT2D eigenvalue weighted by Gasteiger charge is -2.38. The summed E-state index contributed by atoms with van der Waals surface area (Å²) in [5, 5.41) is 9.46. The van der Waals surface area contributed by atoms with Crippen molar-refractivity contribution in [3.63, 3.8) is 0 Å². The molecule has 2 heterocycles. The molecule has 2 amide bonds. The molecule has 2 saturated heterocycles. The number of ether oxygens (including phenoxy) is 2. The van der Waals surface area contributed by atoms with Crippen molar-refractivity contribution in [2.45, 2.75) is 12.5 Å². The second-order valence-corrected chi connectivity index (χ2v) is 7.37. The Labute approximate surface area is 175 Å². The van der Waals surface area contributed by atoms with E-state index in [9.17, 15) is 14.7 Å². The van der Waals surface area contributed by atoms with Crippen molar-refractivity contribution in [2.75, 3.05) is 50.2 Å². The highest BCUT2D eigenvalue weighted by Crippen LogP contribution is 2.34. The lowest BCUT2D eigenvalue weighted by Crippen LogP contribution is -2.52. The number of hydrogen-bond donors (Lipinski definition) is 1. The fraction of sp³-hybridized carbons (Fsp3) is 0.364. The van der Waals surface area contributed by atoms with Gasteiger partial charge in [0.2, 0.25) is 5.91 Å². The van der Waals surface area contributed by atoms with Crippen LogP contribution >= 0.6 is 0 Å². The standard InChI is InChI=1S/C22H25N3O5/c1-29-19-8-5-16(13-20(19)30-2)25-21(27)14-18(22(25)28)24-11-9-23(10-12-24)15-3-6-17(26)7-4-15/h3-8,13,18,26H,9-12,14H2,1-2H3. The van der Waals surface area contributed by atoms with Crippen molar-refractivity contribution in [1.82, 2.24) is 4.90 Å². The summed E-state index contributed by atoms with van der Waals surface area (Å²) in [6, 6.07) is 11.7. The summed E-state index contributed by atoms with van der Waals surface area (Å²) >= 11 is 0. The van der Waals surface area contributed by atoms with Crippen molar-refractivity contribution in [3.8, 4) is 17.2 Å². The summed E-state index contributed by atoms with van der Waals surface area (Å²) < 4.78 is 10.5. The zero-order valence-corrected chi connectivity index (χ0v) is 17.1. The van der Waals surface area contributed by atoms with Gasteiger partial charge in [0.25, 0.3) is 5.91 Å². The van der Waals surface area contributed by atoms with Gasteiger partial charge in [-0.15, -0.1) is 0 Å². The molecule has 2 fully saturated rings. The van der Waals surface area contributed by atoms with E-state index in [1.54, 1.807) is 30.3 Å². The minimum Gasteiger partial charge on any atom is -0.508 e. The first-order valence-electron chi connectivity index (χ1n) is 9.88. The number of aromatic hydroxyl groups is 1. The zero-order valence-electron chi connectivity index (χ0n) is 17.1. The topological polar surface area (TPSA) is 82.5 Å². The molecule has 1 atom stereocenters. The van der Waals surface area contributed by atoms with Crippen LogP contribution < -0.4 is 19.3 Å². The van der Waals surface area contributed by atoms with Crippen molar-refractivity contribution >= 4 is 23.2 Å². The number of anilines is 2. The van der Waals surface area contributed by atoms with Gasteiger partial charge in [-0.2, -0.15) is 0 Å². The number of phenolic OH excluding ortho intramolecular Hbond substituents is 1. The van der Waals surface area contributed by atoms with E-state index >= 15 is 0 Å². The molecule has 8 heteroatoms. The highest BCUT2D eigenvalue weighted by atomic mass is 16.5. The molecule has 2 aliphatic heterocycles. The average Bonchev–Trinajstić information content (AvgIpc) is 3.07. The van der Waals surface area contributed by atoms with Gasteiger partial charge in [-0.1, -0.05) is 0 Å². The molecule has 4 rings (SSSR count). The summed E-state index contributed by atoms with van der Waals surface area (Å²) in [4.78, 5) is 31.3. The van der Waals surface area contributed by atoms with Crippen LogP contribution in [0.1, 0.15) is 6.42 Å². The van der Waals surface area contributed by atoms with Gasteiger partial charge in [0.05, 0.1) is 32.4 Å². The number of imide groups is 1. The summed E-state index contributed by atoms with van der Waals surface area (Å²) in [6.07, 6.45) is 0.173. The summed E-state index contributed by atoms with van der Waals surface area (Å²) in [5.74, 6) is 0.843. The third kappa shape index (κ3) is 3.66. The predicted molar refractivity (Wildman–Crippen MR) is 112 cm³/mol. The Morgan fingerprint density at radius 3 is 2.13 bits per heavy atom. The van der Waals surface area contributed by atoms with Crippen LogP contribution in [-0.4, -0.2) is 68.3 Å². The van der Waals surface area contributed by atoms with Crippen molar-refractivity contribution in [2.24, 2.45) is 0 Å². The normalized spacial score (nSPS) is 20.0. The second-order valence-electron chi connectivity index (χ2n) is 7.37. The molecule has 0 radical (unpaired) electrons. The number of benzene rings is 2. The minimum atomic E-state index is -0.451. The highest BCUT2D eigenvalue weighted by Gasteiger charge is 2.43. The maximum Gasteiger partial charge on any atom is 0.251 e. The monoisotopic (exact) mass is 411 g/mol. The van der Waals surface area contributed by atoms with Crippen LogP contribution in [0.5, 0.6) is 17.2 Å². The van der Waals surface area contributed by atoms with Gasteiger partial charge in [0.15, 0.2) is 11.5 Å². The van der Waals surface area contributed by atoms with Crippen LogP contribution in [0.3, 0.4) is 0 Å². The summed E-state index contributed by atoms with van der Waals surface area (Å²) in [5.41, 5.74) is 1.53. The maximum absolute atomic E-state index is 13.1. The van der Waals surface area contributed by atoms with Gasteiger partial charge in [-0.05, 0) is 36.4 Å². The molecule has 1 N–H and O–H groups in total. The predicted octanol–water partition coefficient (Wildman–Crippen LogP) is 1.86. The second kappa shape index (κ2) is 8.23. The average molecular weight is 411 g/mol. The van der Waals surface area contributed by atoms with Gasteiger partial charge in [-0.3, -0.25) is 14.5 Å². The molecular weight excluding hydrogens is 386 g/mol. The molecule has 0 saturated carbocycles. The largest absolute Gasteiger partial charge is 0.508 e. The fourth-order valence-electron chi connectivity index (χ4n) is 4.09. The van der Waals surface area contributed by atoms with E-state index < -0.39 is 6.04 Å². The molecule has 0 spiro atoms. The highest BCUT2D eigenvalue weighted by molar-refractivity contribution is 6.22. The Morgan fingerprint density at radius 2 is 1.50 bits per heavy atom. The number of hydrogen-bond acceptors (Lipinski definition) is 7. The number of methoxy groups -OCH3 is 2. The van der Waals surface area contributed by atoms with Crippen molar-refractivity contribution in [3.05, 3.63) is 42.5 Å². The molecule has 30 heavy (non-hydrogen) atoms. The van der Waals surface area contributed by atoms with Crippen LogP contribution in [0, 0.1) is 0 Å². The SMILES string of the molecule is COc1ccc(N2C(=O)CC(N3CCN(c4ccc(O)cc4)CC3)C2=O)cc1OC. The first-order valence-corrected chi connectivity index (χ1v) is 9.88. The van der Waals surface area contributed by atoms with Crippen LogP contribution in [0.4, 0.5) is 11.4 Å². The fourth-order valence-corrected chi connectivity index (χ4v) is 4.09. The van der Waals surface area contributed by atoms with E-state index in [1.807, 2.05) is 12.1 Å². The van der Waals surface area contributed by atoms with Crippen LogP contribution in [-0.2, 0) is 9.59 Å². The van der Waals surface area contributed by atoms with Gasteiger partial charge < -0.3 is 19.5 Å². The van der Waals surface area contributed by atoms with Crippen LogP contribution in [0.15, 0.2) is 42.5 Å². The molecule has 0 bridgehead atoms. The lowest BCUT2D eigenvalue weighted by atomic mass is 10.1. The Morgan fingerprint density at radius 1 is 0.867 bits per heavy atom. The van der Waals surface area contributed by atoms with Crippen molar-refractivity contribution in [1.29, 1.82) is 0 Å². The van der Waals surface area contributed by atoms with Gasteiger partial charge >= 0.3 is 0 Å². The minimum absolute atomic E-state index is 0.173. The molecular formula is C22H25N3O5. The molecule has 0 aliphatic carbocycles. The third-order valence-electron chi connectivity index (χ3n) is 5.72. The third-order valence-corrected chi connectivity index (χ3v) is 5.72. The van der Waals surface area contributed by atoms with E-state index in [0.717, 1.165) is 18.8 Å². The van der Waals surface area contributed by atoms with Gasteiger partial charge in [0.1, 0.15) is 5.75 Å². The molecule has 2 aromatic carbocycles. The zero-order chi connectivity index (χ0) is 21.3. The van der Waals surface area contributed by atoms with Crippen LogP contribution in [0.2, 0.25) is 0 Å². The van der Waals surface area contributed by atoms with E-state index in [4.69, 9.17) is 9.47 Å². The smallest absolute Gasteiger partial charge is 0.251 e. The Bertz CT molecular complexity index is 938. The Hall–Kier alpha value is -3.26. The van der Waals surface area contributed by atoms with E-state index in [-0.39, 0.29) is 24.0 Å². The van der Waals surface area contributed by atoms with E-state index in [1.165, 1.54) is 19.1 Å². The molecule has 2 aliphatic rings. The quantitative estimate of drug-likeness (QED) is 0.752. The summed E-state index contributed by atoms with van der Waals surface area (Å²) in [6.45, 7) is 2.87. The molecule has 158 valence electrons. The number of piperazine rings is 1. The Balaban J connectivity index is 1.45. The first-order chi connectivity index (χ1) is 14.5. The van der Waals surface area contributed by atoms with Gasteiger partial charge in [-0.25, -0.2) is 4.90 Å². The molecule has 2 aromatic rings. The number of nitrogens with zero attached hydrogens (tertiary/aromatic N) is 3. The lowest BCUT2D eigenvalue weighted by molar-refractivity contribution is -0.123. The molecule has 8 nitrogen and oxygen atoms in total. The van der Waals surface area contributed by atoms with Crippen LogP contribution in [0.25, 0.3) is 0 Å². The molecule has 0 aromatic heterocycles. The number of amides is 2. The van der Waals surface area contributed by atoms with E-state index in [2.05, 4.69) is 9.80 Å². The van der Waals surface area contributed by atoms with Gasteiger partial charge in [0, 0.05) is 37.9 Å². The van der Waals surface area contributed by atoms with E-state index in [0.29, 0.717) is 30.3 Å². The number of carbonyl (C=O) groups excluding carboxylic acids is 2. The van der Waals surface area contributed by atoms with Crippen molar-refractivity contribution < 1.29 is 24.2 Å². The Kier molecular flexibility index (Phi) is 5.50. The number of rotatable bonds is 5. The number of carbonyl (C=O) groups is 2. The maximum atomic E-state index is 13.1. The molecule has 1 unspecified atom stereocenters. The summed E-state index contributed by atoms with van der Waals surface area (Å²) in [7, 11) is 3.06. The number of phenols is 1. The first kappa shape index (κ1) is 20.0.